The molecule has 0 bridgehead atoms. The fraction of sp³-hybridized carbons (Fsp3) is 0.688. The topological polar surface area (TPSA) is 104 Å². The first-order chi connectivity index (χ1) is 10.4. The molecule has 0 aromatic heterocycles. The number of carbonyl (C=O) groups excluding carboxylic acids is 1. The van der Waals surface area contributed by atoms with Gasteiger partial charge in [-0.05, 0) is 26.2 Å². The summed E-state index contributed by atoms with van der Waals surface area (Å²) in [6.45, 7) is 3.79. The van der Waals surface area contributed by atoms with Crippen LogP contribution in [0.5, 0.6) is 0 Å². The highest BCUT2D eigenvalue weighted by atomic mass is 16.4. The molecule has 0 spiro atoms. The highest BCUT2D eigenvalue weighted by molar-refractivity contribution is 5.95. The Balaban J connectivity index is 4.23. The van der Waals surface area contributed by atoms with Gasteiger partial charge < -0.3 is 15.5 Å². The zero-order valence-corrected chi connectivity index (χ0v) is 13.4. The molecule has 0 aliphatic carbocycles. The summed E-state index contributed by atoms with van der Waals surface area (Å²) in [6, 6.07) is -1.17. The summed E-state index contributed by atoms with van der Waals surface area (Å²) in [5.74, 6) is -2.76. The van der Waals surface area contributed by atoms with E-state index in [1.165, 1.54) is 19.3 Å². The van der Waals surface area contributed by atoms with Crippen molar-refractivity contribution in [3.8, 4) is 0 Å². The van der Waals surface area contributed by atoms with Crippen LogP contribution in [0.1, 0.15) is 65.2 Å². The third-order valence-corrected chi connectivity index (χ3v) is 3.37. The Kier molecular flexibility index (Phi) is 10.8. The molecule has 0 aliphatic rings. The lowest BCUT2D eigenvalue weighted by molar-refractivity contribution is -0.142. The van der Waals surface area contributed by atoms with Crippen molar-refractivity contribution in [3.63, 3.8) is 0 Å². The van der Waals surface area contributed by atoms with E-state index in [4.69, 9.17) is 10.2 Å². The second-order valence-corrected chi connectivity index (χ2v) is 5.39. The maximum Gasteiger partial charge on any atom is 0.326 e. The van der Waals surface area contributed by atoms with Gasteiger partial charge in [0.2, 0.25) is 5.91 Å². The fourth-order valence-corrected chi connectivity index (χ4v) is 1.96. The zero-order valence-electron chi connectivity index (χ0n) is 13.4. The first-order valence-corrected chi connectivity index (χ1v) is 7.80. The number of hydrogen-bond acceptors (Lipinski definition) is 3. The van der Waals surface area contributed by atoms with Crippen molar-refractivity contribution < 1.29 is 24.6 Å². The van der Waals surface area contributed by atoms with Gasteiger partial charge >= 0.3 is 11.9 Å². The van der Waals surface area contributed by atoms with Crippen molar-refractivity contribution in [2.75, 3.05) is 0 Å². The van der Waals surface area contributed by atoms with Gasteiger partial charge in [-0.3, -0.25) is 9.59 Å². The third-order valence-electron chi connectivity index (χ3n) is 3.37. The van der Waals surface area contributed by atoms with Crippen molar-refractivity contribution in [3.05, 3.63) is 11.6 Å². The zero-order chi connectivity index (χ0) is 17.0. The Hall–Kier alpha value is -1.85. The monoisotopic (exact) mass is 313 g/mol. The van der Waals surface area contributed by atoms with Crippen LogP contribution in [0.4, 0.5) is 0 Å². The summed E-state index contributed by atoms with van der Waals surface area (Å²) < 4.78 is 0. The first-order valence-electron chi connectivity index (χ1n) is 7.80. The molecule has 1 amide bonds. The maximum absolute atomic E-state index is 11.9. The Morgan fingerprint density at radius 1 is 1.09 bits per heavy atom. The lowest BCUT2D eigenvalue weighted by Crippen LogP contribution is -2.41. The molecular weight excluding hydrogens is 286 g/mol. The van der Waals surface area contributed by atoms with Crippen LogP contribution in [0.25, 0.3) is 0 Å². The van der Waals surface area contributed by atoms with E-state index in [0.717, 1.165) is 19.3 Å². The minimum Gasteiger partial charge on any atom is -0.481 e. The molecule has 0 aromatic rings. The Morgan fingerprint density at radius 2 is 1.73 bits per heavy atom. The van der Waals surface area contributed by atoms with Crippen LogP contribution in [0.15, 0.2) is 11.6 Å². The van der Waals surface area contributed by atoms with Crippen LogP contribution in [0.2, 0.25) is 0 Å². The molecule has 0 aliphatic heterocycles. The Labute approximate surface area is 131 Å². The van der Waals surface area contributed by atoms with Crippen LogP contribution in [-0.2, 0) is 14.4 Å². The lowest BCUT2D eigenvalue weighted by atomic mass is 10.1. The van der Waals surface area contributed by atoms with Gasteiger partial charge in [-0.15, -0.1) is 0 Å². The number of nitrogens with one attached hydrogen (secondary N) is 1. The Bertz CT molecular complexity index is 403. The van der Waals surface area contributed by atoms with Crippen molar-refractivity contribution in [2.24, 2.45) is 0 Å². The van der Waals surface area contributed by atoms with E-state index in [2.05, 4.69) is 12.2 Å². The molecule has 0 rings (SSSR count). The summed E-state index contributed by atoms with van der Waals surface area (Å²) in [5.41, 5.74) is 0.470. The van der Waals surface area contributed by atoms with Crippen LogP contribution in [-0.4, -0.2) is 34.1 Å². The van der Waals surface area contributed by atoms with Gasteiger partial charge in [0.1, 0.15) is 6.04 Å². The summed E-state index contributed by atoms with van der Waals surface area (Å²) in [4.78, 5) is 33.4. The molecule has 0 saturated carbocycles. The van der Waals surface area contributed by atoms with Crippen molar-refractivity contribution in [1.29, 1.82) is 0 Å². The number of hydrogen-bond donors (Lipinski definition) is 3. The second kappa shape index (κ2) is 11.8. The van der Waals surface area contributed by atoms with Crippen molar-refractivity contribution in [1.82, 2.24) is 5.32 Å². The van der Waals surface area contributed by atoms with Gasteiger partial charge in [-0.2, -0.15) is 0 Å². The molecular formula is C16H27NO5. The first kappa shape index (κ1) is 20.1. The van der Waals surface area contributed by atoms with Crippen LogP contribution in [0, 0.1) is 0 Å². The quantitative estimate of drug-likeness (QED) is 0.379. The molecule has 3 N–H and O–H groups in total. The number of carboxylic acid groups (broad SMARTS) is 2. The summed E-state index contributed by atoms with van der Waals surface area (Å²) in [7, 11) is 0. The number of carboxylic acids is 2. The predicted molar refractivity (Wildman–Crippen MR) is 83.6 cm³/mol. The van der Waals surface area contributed by atoms with Crippen LogP contribution >= 0.6 is 0 Å². The van der Waals surface area contributed by atoms with Gasteiger partial charge in [0, 0.05) is 12.0 Å². The molecule has 6 nitrogen and oxygen atoms in total. The van der Waals surface area contributed by atoms with E-state index >= 15 is 0 Å². The minimum absolute atomic E-state index is 0.124. The largest absolute Gasteiger partial charge is 0.481 e. The van der Waals surface area contributed by atoms with Gasteiger partial charge in [0.15, 0.2) is 0 Å². The van der Waals surface area contributed by atoms with E-state index in [-0.39, 0.29) is 12.8 Å². The molecule has 1 atom stereocenters. The average Bonchev–Trinajstić information content (AvgIpc) is 2.45. The normalized spacial score (nSPS) is 12.7. The third kappa shape index (κ3) is 9.96. The smallest absolute Gasteiger partial charge is 0.326 e. The maximum atomic E-state index is 11.9. The van der Waals surface area contributed by atoms with E-state index in [9.17, 15) is 14.4 Å². The van der Waals surface area contributed by atoms with E-state index in [1.807, 2.05) is 0 Å². The van der Waals surface area contributed by atoms with Gasteiger partial charge in [-0.25, -0.2) is 4.79 Å². The van der Waals surface area contributed by atoms with Gasteiger partial charge in [0.25, 0.3) is 0 Å². The molecule has 0 fully saturated rings. The molecule has 0 aromatic carbocycles. The SMILES string of the molecule is CCCCCCCC=C(C)C(=O)N[C@@H](CCC(=O)O)C(=O)O. The van der Waals surface area contributed by atoms with Crippen molar-refractivity contribution >= 4 is 17.8 Å². The van der Waals surface area contributed by atoms with Gasteiger partial charge in [0.05, 0.1) is 0 Å². The standard InChI is InChI=1S/C16H27NO5/c1-3-4-5-6-7-8-9-12(2)15(20)17-13(16(21)22)10-11-14(18)19/h9,13H,3-8,10-11H2,1-2H3,(H,17,20)(H,18,19)(H,21,22)/t13-/m0/s1. The Morgan fingerprint density at radius 3 is 2.27 bits per heavy atom. The number of allylic oxidation sites excluding steroid dienone is 1. The number of carbonyl (C=O) groups is 3. The van der Waals surface area contributed by atoms with Crippen LogP contribution < -0.4 is 5.32 Å². The highest BCUT2D eigenvalue weighted by Gasteiger charge is 2.21. The molecule has 22 heavy (non-hydrogen) atoms. The lowest BCUT2D eigenvalue weighted by Gasteiger charge is -2.13. The number of aliphatic carboxylic acids is 2. The average molecular weight is 313 g/mol. The van der Waals surface area contributed by atoms with Crippen molar-refractivity contribution in [2.45, 2.75) is 71.3 Å². The second-order valence-electron chi connectivity index (χ2n) is 5.39. The number of rotatable bonds is 12. The molecule has 0 heterocycles. The predicted octanol–water partition coefficient (Wildman–Crippen LogP) is 2.73. The van der Waals surface area contributed by atoms with E-state index < -0.39 is 23.9 Å². The summed E-state index contributed by atoms with van der Waals surface area (Å²) in [5, 5.41) is 19.9. The van der Waals surface area contributed by atoms with Crippen LogP contribution in [0.3, 0.4) is 0 Å². The molecule has 0 radical (unpaired) electrons. The highest BCUT2D eigenvalue weighted by Crippen LogP contribution is 2.08. The van der Waals surface area contributed by atoms with Gasteiger partial charge in [-0.1, -0.05) is 38.7 Å². The number of unbranched alkanes of at least 4 members (excludes halogenated alkanes) is 5. The number of amides is 1. The molecule has 126 valence electrons. The van der Waals surface area contributed by atoms with E-state index in [0.29, 0.717) is 5.57 Å². The molecule has 0 unspecified atom stereocenters. The summed E-state index contributed by atoms with van der Waals surface area (Å²) >= 11 is 0. The fourth-order valence-electron chi connectivity index (χ4n) is 1.96. The molecule has 0 saturated heterocycles. The molecule has 6 heteroatoms. The summed E-state index contributed by atoms with van der Waals surface area (Å²) in [6.07, 6.45) is 7.88. The minimum atomic E-state index is -1.22. The van der Waals surface area contributed by atoms with E-state index in [1.54, 1.807) is 13.0 Å².